The smallest absolute Gasteiger partial charge is 0.400 e. The average Bonchev–Trinajstić information content (AvgIpc) is 2.37. The van der Waals surface area contributed by atoms with Crippen molar-refractivity contribution in [2.45, 2.75) is 6.18 Å². The lowest BCUT2D eigenvalue weighted by Gasteiger charge is -2.19. The Morgan fingerprint density at radius 2 is 2.21 bits per heavy atom. The Hall–Kier alpha value is -2.36. The summed E-state index contributed by atoms with van der Waals surface area (Å²) in [7, 11) is 0. The van der Waals surface area contributed by atoms with Crippen LogP contribution < -0.4 is 11.1 Å². The van der Waals surface area contributed by atoms with E-state index in [1.807, 2.05) is 0 Å². The van der Waals surface area contributed by atoms with Crippen LogP contribution in [0.3, 0.4) is 0 Å². The molecule has 0 fully saturated rings. The van der Waals surface area contributed by atoms with Crippen molar-refractivity contribution in [3.63, 3.8) is 0 Å². The van der Waals surface area contributed by atoms with Gasteiger partial charge in [0.1, 0.15) is 5.92 Å². The van der Waals surface area contributed by atoms with E-state index in [-0.39, 0.29) is 0 Å². The topological polar surface area (TPSA) is 70.6 Å². The largest absolute Gasteiger partial charge is 0.409 e. The lowest BCUT2D eigenvalue weighted by molar-refractivity contribution is -0.152. The minimum absolute atomic E-state index is 0.426. The SMILES string of the molecule is C#Cc1cccc(NCC(/C(N)=N\O)C(F)(F)F)c1. The number of hydrogen-bond donors (Lipinski definition) is 3. The third-order valence-corrected chi connectivity index (χ3v) is 2.41. The summed E-state index contributed by atoms with van der Waals surface area (Å²) in [6.45, 7) is -0.548. The highest BCUT2D eigenvalue weighted by Crippen LogP contribution is 2.26. The predicted octanol–water partition coefficient (Wildman–Crippen LogP) is 2.00. The van der Waals surface area contributed by atoms with Crippen LogP contribution in [0.5, 0.6) is 0 Å². The van der Waals surface area contributed by atoms with Crippen molar-refractivity contribution in [1.29, 1.82) is 0 Å². The molecular formula is C12H12F3N3O. The van der Waals surface area contributed by atoms with Crippen LogP contribution in [0.25, 0.3) is 0 Å². The van der Waals surface area contributed by atoms with Crippen LogP contribution in [0.2, 0.25) is 0 Å². The summed E-state index contributed by atoms with van der Waals surface area (Å²) in [5, 5.41) is 13.3. The second-order valence-electron chi connectivity index (χ2n) is 3.73. The van der Waals surface area contributed by atoms with Gasteiger partial charge in [-0.05, 0) is 18.2 Å². The molecule has 0 bridgehead atoms. The molecule has 4 nitrogen and oxygen atoms in total. The maximum atomic E-state index is 12.7. The minimum atomic E-state index is -4.60. The van der Waals surface area contributed by atoms with E-state index in [4.69, 9.17) is 17.4 Å². The molecule has 1 aromatic rings. The van der Waals surface area contributed by atoms with Crippen molar-refractivity contribution >= 4 is 11.5 Å². The first-order chi connectivity index (χ1) is 8.88. The van der Waals surface area contributed by atoms with E-state index in [0.29, 0.717) is 11.3 Å². The van der Waals surface area contributed by atoms with Gasteiger partial charge in [-0.15, -0.1) is 6.42 Å². The van der Waals surface area contributed by atoms with Crippen molar-refractivity contribution in [3.05, 3.63) is 29.8 Å². The van der Waals surface area contributed by atoms with Gasteiger partial charge in [-0.25, -0.2) is 0 Å². The monoisotopic (exact) mass is 271 g/mol. The molecular weight excluding hydrogens is 259 g/mol. The molecule has 1 rings (SSSR count). The molecule has 0 aliphatic heterocycles. The third-order valence-electron chi connectivity index (χ3n) is 2.41. The van der Waals surface area contributed by atoms with E-state index in [1.54, 1.807) is 18.2 Å². The number of alkyl halides is 3. The van der Waals surface area contributed by atoms with Crippen molar-refractivity contribution in [2.24, 2.45) is 16.8 Å². The number of anilines is 1. The molecule has 0 amide bonds. The lowest BCUT2D eigenvalue weighted by atomic mass is 10.1. The Morgan fingerprint density at radius 3 is 2.74 bits per heavy atom. The fourth-order valence-electron chi connectivity index (χ4n) is 1.40. The summed E-state index contributed by atoms with van der Waals surface area (Å²) < 4.78 is 38.0. The van der Waals surface area contributed by atoms with Crippen LogP contribution in [0, 0.1) is 18.3 Å². The molecule has 0 spiro atoms. The highest BCUT2D eigenvalue weighted by Gasteiger charge is 2.42. The second-order valence-corrected chi connectivity index (χ2v) is 3.73. The van der Waals surface area contributed by atoms with Crippen LogP contribution in [0.1, 0.15) is 5.56 Å². The predicted molar refractivity (Wildman–Crippen MR) is 65.8 cm³/mol. The molecule has 102 valence electrons. The number of rotatable bonds is 4. The number of terminal acetylenes is 1. The maximum Gasteiger partial charge on any atom is 0.400 e. The van der Waals surface area contributed by atoms with Gasteiger partial charge in [0.15, 0.2) is 5.84 Å². The van der Waals surface area contributed by atoms with Gasteiger partial charge in [-0.1, -0.05) is 17.1 Å². The van der Waals surface area contributed by atoms with Crippen molar-refractivity contribution < 1.29 is 18.4 Å². The number of nitrogens with one attached hydrogen (secondary N) is 1. The van der Waals surface area contributed by atoms with Gasteiger partial charge in [0.2, 0.25) is 0 Å². The summed E-state index contributed by atoms with van der Waals surface area (Å²) in [5.41, 5.74) is 6.00. The van der Waals surface area contributed by atoms with Crippen molar-refractivity contribution in [2.75, 3.05) is 11.9 Å². The molecule has 0 aromatic heterocycles. The fraction of sp³-hybridized carbons (Fsp3) is 0.250. The number of halogens is 3. The molecule has 0 aliphatic rings. The lowest BCUT2D eigenvalue weighted by Crippen LogP contribution is -2.40. The Balaban J connectivity index is 2.80. The molecule has 7 heteroatoms. The number of amidine groups is 1. The van der Waals surface area contributed by atoms with E-state index in [0.717, 1.165) is 0 Å². The molecule has 1 aromatic carbocycles. The average molecular weight is 271 g/mol. The number of oxime groups is 1. The molecule has 1 unspecified atom stereocenters. The first-order valence-corrected chi connectivity index (χ1v) is 5.23. The zero-order chi connectivity index (χ0) is 14.5. The Labute approximate surface area is 108 Å². The molecule has 1 atom stereocenters. The normalized spacial score (nSPS) is 13.7. The maximum absolute atomic E-state index is 12.7. The fourth-order valence-corrected chi connectivity index (χ4v) is 1.40. The van der Waals surface area contributed by atoms with Crippen LogP contribution in [-0.2, 0) is 0 Å². The zero-order valence-electron chi connectivity index (χ0n) is 9.78. The third kappa shape index (κ3) is 4.10. The van der Waals surface area contributed by atoms with Crippen LogP contribution >= 0.6 is 0 Å². The summed E-state index contributed by atoms with van der Waals surface area (Å²) >= 11 is 0. The quantitative estimate of drug-likeness (QED) is 0.258. The number of hydrogen-bond acceptors (Lipinski definition) is 3. The molecule has 0 radical (unpaired) electrons. The molecule has 0 aliphatic carbocycles. The van der Waals surface area contributed by atoms with E-state index in [9.17, 15) is 13.2 Å². The number of nitrogens with zero attached hydrogens (tertiary/aromatic N) is 1. The van der Waals surface area contributed by atoms with Gasteiger partial charge < -0.3 is 16.3 Å². The molecule has 19 heavy (non-hydrogen) atoms. The van der Waals surface area contributed by atoms with Gasteiger partial charge in [0.05, 0.1) is 0 Å². The minimum Gasteiger partial charge on any atom is -0.409 e. The van der Waals surface area contributed by atoms with Crippen LogP contribution in [0.15, 0.2) is 29.4 Å². The zero-order valence-corrected chi connectivity index (χ0v) is 9.78. The second kappa shape index (κ2) is 6.00. The van der Waals surface area contributed by atoms with Gasteiger partial charge in [-0.2, -0.15) is 13.2 Å². The molecule has 4 N–H and O–H groups in total. The first-order valence-electron chi connectivity index (χ1n) is 5.23. The Morgan fingerprint density at radius 1 is 1.53 bits per heavy atom. The highest BCUT2D eigenvalue weighted by atomic mass is 19.4. The van der Waals surface area contributed by atoms with E-state index < -0.39 is 24.5 Å². The summed E-state index contributed by atoms with van der Waals surface area (Å²) in [5.74, 6) is -0.604. The summed E-state index contributed by atoms with van der Waals surface area (Å²) in [6, 6.07) is 6.36. The Bertz CT molecular complexity index is 506. The van der Waals surface area contributed by atoms with E-state index in [1.165, 1.54) is 6.07 Å². The molecule has 0 saturated carbocycles. The van der Waals surface area contributed by atoms with Crippen molar-refractivity contribution in [1.82, 2.24) is 0 Å². The van der Waals surface area contributed by atoms with Gasteiger partial charge >= 0.3 is 6.18 Å². The van der Waals surface area contributed by atoms with Crippen LogP contribution in [0.4, 0.5) is 18.9 Å². The highest BCUT2D eigenvalue weighted by molar-refractivity contribution is 5.83. The summed E-state index contributed by atoms with van der Waals surface area (Å²) in [4.78, 5) is 0. The van der Waals surface area contributed by atoms with Crippen LogP contribution in [-0.4, -0.2) is 23.8 Å². The van der Waals surface area contributed by atoms with E-state index in [2.05, 4.69) is 16.4 Å². The van der Waals surface area contributed by atoms with Gasteiger partial charge in [-0.3, -0.25) is 0 Å². The molecule has 0 saturated heterocycles. The van der Waals surface area contributed by atoms with Gasteiger partial charge in [0.25, 0.3) is 0 Å². The standard InChI is InChI=1S/C12H12F3N3O/c1-2-8-4-3-5-9(6-8)17-7-10(11(16)18-19)12(13,14)15/h1,3-6,10,17,19H,7H2,(H2,16,18). The summed E-state index contributed by atoms with van der Waals surface area (Å²) in [6.07, 6.45) is 0.580. The van der Waals surface area contributed by atoms with E-state index >= 15 is 0 Å². The Kier molecular flexibility index (Phi) is 4.64. The number of benzene rings is 1. The molecule has 0 heterocycles. The van der Waals surface area contributed by atoms with Gasteiger partial charge in [0, 0.05) is 17.8 Å². The first kappa shape index (κ1) is 14.7. The number of nitrogens with two attached hydrogens (primary N) is 1. The van der Waals surface area contributed by atoms with Crippen molar-refractivity contribution in [3.8, 4) is 12.3 Å².